The van der Waals surface area contributed by atoms with E-state index in [9.17, 15) is 22.3 Å². The van der Waals surface area contributed by atoms with Crippen molar-refractivity contribution in [1.29, 1.82) is 0 Å². The minimum Gasteiger partial charge on any atom is -0.508 e. The van der Waals surface area contributed by atoms with Crippen molar-refractivity contribution in [1.82, 2.24) is 0 Å². The predicted molar refractivity (Wildman–Crippen MR) is 118 cm³/mol. The normalized spacial score (nSPS) is 15.9. The zero-order chi connectivity index (χ0) is 23.3. The highest BCUT2D eigenvalue weighted by Crippen LogP contribution is 2.35. The molecule has 2 aromatic carbocycles. The Bertz CT molecular complexity index is 1040. The number of halogens is 3. The van der Waals surface area contributed by atoms with E-state index >= 15 is 4.39 Å². The average molecular weight is 471 g/mol. The molecule has 1 aliphatic carbocycles. The molecule has 9 heteroatoms. The molecule has 0 atom stereocenters. The van der Waals surface area contributed by atoms with E-state index in [0.29, 0.717) is 6.42 Å². The van der Waals surface area contributed by atoms with Gasteiger partial charge >= 0.3 is 0 Å². The lowest BCUT2D eigenvalue weighted by molar-refractivity contribution is 0.367. The third kappa shape index (κ3) is 5.95. The Kier molecular flexibility index (Phi) is 8.05. The summed E-state index contributed by atoms with van der Waals surface area (Å²) in [6.45, 7) is 0.0790. The van der Waals surface area contributed by atoms with Crippen LogP contribution in [0.3, 0.4) is 0 Å². The Morgan fingerprint density at radius 2 is 1.53 bits per heavy atom. The fourth-order valence-corrected chi connectivity index (χ4v) is 5.21. The molecule has 0 saturated heterocycles. The number of nitrogens with two attached hydrogens (primary N) is 1. The molecule has 0 unspecified atom stereocenters. The number of anilines is 1. The molecule has 0 amide bonds. The Hall–Kier alpha value is -2.26. The summed E-state index contributed by atoms with van der Waals surface area (Å²) < 4.78 is 69.0. The third-order valence-corrected chi connectivity index (χ3v) is 7.02. The smallest absolute Gasteiger partial charge is 0.241 e. The molecule has 5 nitrogen and oxygen atoms in total. The summed E-state index contributed by atoms with van der Waals surface area (Å²) in [5, 5.41) is 17.1. The van der Waals surface area contributed by atoms with Gasteiger partial charge in [0.15, 0.2) is 17.5 Å². The molecule has 0 radical (unpaired) electrons. The van der Waals surface area contributed by atoms with Crippen molar-refractivity contribution in [2.75, 3.05) is 11.9 Å². The van der Waals surface area contributed by atoms with Gasteiger partial charge in [-0.05, 0) is 36.5 Å². The van der Waals surface area contributed by atoms with E-state index in [-0.39, 0.29) is 30.2 Å². The van der Waals surface area contributed by atoms with Crippen LogP contribution in [0.2, 0.25) is 0 Å². The first-order valence-electron chi connectivity index (χ1n) is 10.9. The second kappa shape index (κ2) is 10.6. The zero-order valence-corrected chi connectivity index (χ0v) is 18.7. The molecule has 32 heavy (non-hydrogen) atoms. The van der Waals surface area contributed by atoms with Crippen molar-refractivity contribution < 1.29 is 26.7 Å². The molecular formula is C23H29F3N2O3S. The molecule has 0 aromatic heterocycles. The first-order chi connectivity index (χ1) is 15.2. The minimum atomic E-state index is -4.67. The van der Waals surface area contributed by atoms with Gasteiger partial charge in [0.1, 0.15) is 16.3 Å². The maximum atomic E-state index is 15.4. The van der Waals surface area contributed by atoms with Crippen molar-refractivity contribution in [3.05, 3.63) is 52.8 Å². The Balaban J connectivity index is 1.90. The number of phenols is 1. The molecule has 4 N–H and O–H groups in total. The summed E-state index contributed by atoms with van der Waals surface area (Å²) in [7, 11) is -4.67. The van der Waals surface area contributed by atoms with Crippen LogP contribution >= 0.6 is 0 Å². The van der Waals surface area contributed by atoms with Gasteiger partial charge in [-0.25, -0.2) is 26.7 Å². The Labute approximate surface area is 186 Å². The zero-order valence-electron chi connectivity index (χ0n) is 17.8. The van der Waals surface area contributed by atoms with Crippen molar-refractivity contribution in [2.24, 2.45) is 11.1 Å². The molecule has 1 aliphatic rings. The van der Waals surface area contributed by atoms with Crippen molar-refractivity contribution >= 4 is 15.7 Å². The average Bonchev–Trinajstić information content (AvgIpc) is 2.70. The summed E-state index contributed by atoms with van der Waals surface area (Å²) in [5.74, 6) is -4.29. The lowest BCUT2D eigenvalue weighted by Crippen LogP contribution is -2.22. The molecule has 0 bridgehead atoms. The summed E-state index contributed by atoms with van der Waals surface area (Å²) in [6, 6.07) is 6.30. The lowest BCUT2D eigenvalue weighted by atomic mass is 9.86. The predicted octanol–water partition coefficient (Wildman–Crippen LogP) is 5.01. The van der Waals surface area contributed by atoms with Crippen LogP contribution in [-0.4, -0.2) is 20.1 Å². The van der Waals surface area contributed by atoms with Gasteiger partial charge in [-0.3, -0.25) is 0 Å². The molecule has 0 spiro atoms. The van der Waals surface area contributed by atoms with E-state index < -0.39 is 38.1 Å². The van der Waals surface area contributed by atoms with Gasteiger partial charge in [-0.2, -0.15) is 0 Å². The number of aromatic hydroxyl groups is 1. The van der Waals surface area contributed by atoms with Crippen molar-refractivity contribution in [2.45, 2.75) is 62.7 Å². The summed E-state index contributed by atoms with van der Waals surface area (Å²) in [5.41, 5.74) is -0.272. The van der Waals surface area contributed by atoms with Crippen LogP contribution in [0.25, 0.3) is 0 Å². The SMILES string of the molecule is NS(=O)(=O)c1c(F)c(F)c(NCCc2ccc(O)cc2)c(F)c1CC1CCCCCCC1. The van der Waals surface area contributed by atoms with Gasteiger partial charge in [-0.15, -0.1) is 0 Å². The summed E-state index contributed by atoms with van der Waals surface area (Å²) in [6.07, 6.45) is 6.96. The molecule has 0 aliphatic heterocycles. The van der Waals surface area contributed by atoms with E-state index in [2.05, 4.69) is 5.32 Å². The quantitative estimate of drug-likeness (QED) is 0.496. The fourth-order valence-electron chi connectivity index (χ4n) is 4.35. The largest absolute Gasteiger partial charge is 0.508 e. The number of hydrogen-bond donors (Lipinski definition) is 3. The van der Waals surface area contributed by atoms with Crippen molar-refractivity contribution in [3.8, 4) is 5.75 Å². The first-order valence-corrected chi connectivity index (χ1v) is 12.5. The number of hydrogen-bond acceptors (Lipinski definition) is 4. The second-order valence-corrected chi connectivity index (χ2v) is 9.93. The lowest BCUT2D eigenvalue weighted by Gasteiger charge is -2.22. The highest BCUT2D eigenvalue weighted by Gasteiger charge is 2.31. The molecule has 0 heterocycles. The number of benzene rings is 2. The fraction of sp³-hybridized carbons (Fsp3) is 0.478. The number of nitrogens with one attached hydrogen (secondary N) is 1. The number of phenolic OH excluding ortho intramolecular Hbond substituents is 1. The van der Waals surface area contributed by atoms with E-state index in [0.717, 1.165) is 50.5 Å². The maximum Gasteiger partial charge on any atom is 0.241 e. The van der Waals surface area contributed by atoms with Gasteiger partial charge < -0.3 is 10.4 Å². The maximum absolute atomic E-state index is 15.4. The van der Waals surface area contributed by atoms with Crippen LogP contribution in [0.15, 0.2) is 29.2 Å². The van der Waals surface area contributed by atoms with Crippen LogP contribution in [-0.2, 0) is 22.9 Å². The Morgan fingerprint density at radius 1 is 0.938 bits per heavy atom. The molecular weight excluding hydrogens is 441 g/mol. The van der Waals surface area contributed by atoms with Gasteiger partial charge in [0, 0.05) is 12.1 Å². The van der Waals surface area contributed by atoms with Crippen molar-refractivity contribution in [3.63, 3.8) is 0 Å². The molecule has 1 saturated carbocycles. The Morgan fingerprint density at radius 3 is 2.12 bits per heavy atom. The molecule has 176 valence electrons. The highest BCUT2D eigenvalue weighted by molar-refractivity contribution is 7.89. The van der Waals surface area contributed by atoms with E-state index in [1.807, 2.05) is 0 Å². The second-order valence-electron chi connectivity index (χ2n) is 8.43. The first kappa shape index (κ1) is 24.4. The van der Waals surface area contributed by atoms with Crippen LogP contribution in [0.5, 0.6) is 5.75 Å². The monoisotopic (exact) mass is 470 g/mol. The highest BCUT2D eigenvalue weighted by atomic mass is 32.2. The number of sulfonamides is 1. The van der Waals surface area contributed by atoms with Gasteiger partial charge in [0.2, 0.25) is 10.0 Å². The molecule has 2 aromatic rings. The van der Waals surface area contributed by atoms with E-state index in [1.165, 1.54) is 12.1 Å². The number of primary sulfonamides is 1. The van der Waals surface area contributed by atoms with Gasteiger partial charge in [0.25, 0.3) is 0 Å². The van der Waals surface area contributed by atoms with Crippen LogP contribution in [0.4, 0.5) is 18.9 Å². The molecule has 1 fully saturated rings. The minimum absolute atomic E-state index is 0.0125. The van der Waals surface area contributed by atoms with Crippen LogP contribution in [0, 0.1) is 23.4 Å². The van der Waals surface area contributed by atoms with E-state index in [4.69, 9.17) is 5.14 Å². The van der Waals surface area contributed by atoms with Crippen LogP contribution < -0.4 is 10.5 Å². The topological polar surface area (TPSA) is 92.4 Å². The third-order valence-electron chi connectivity index (χ3n) is 6.02. The van der Waals surface area contributed by atoms with Gasteiger partial charge in [0.05, 0.1) is 0 Å². The van der Waals surface area contributed by atoms with E-state index in [1.54, 1.807) is 12.1 Å². The summed E-state index contributed by atoms with van der Waals surface area (Å²) >= 11 is 0. The standard InChI is InChI=1S/C23H29F3N2O3S/c24-19-18(14-16-6-4-2-1-3-5-7-16)23(32(27,30)31)21(26)20(25)22(19)28-13-12-15-8-10-17(29)11-9-15/h8-11,16,28-29H,1-7,12-14H2,(H2,27,30,31). The molecule has 3 rings (SSSR count). The summed E-state index contributed by atoms with van der Waals surface area (Å²) in [4.78, 5) is -1.08. The van der Waals surface area contributed by atoms with Gasteiger partial charge in [-0.1, -0.05) is 57.1 Å². The van der Waals surface area contributed by atoms with Crippen LogP contribution in [0.1, 0.15) is 56.1 Å². The number of rotatable bonds is 7.